The monoisotopic (exact) mass is 487 g/mol. The Bertz CT molecular complexity index is 1070. The number of piperazine rings is 1. The maximum absolute atomic E-state index is 12.7. The quantitative estimate of drug-likeness (QED) is 0.518. The number of anilines is 1. The minimum Gasteiger partial charge on any atom is -0.328 e. The molecule has 34 heavy (non-hydrogen) atoms. The molecule has 5 N–H and O–H groups in total. The number of nitrogens with zero attached hydrogens (tertiary/aromatic N) is 3. The second kappa shape index (κ2) is 10.9. The number of halogens is 1. The van der Waals surface area contributed by atoms with Crippen LogP contribution in [0.2, 0.25) is 0 Å². The summed E-state index contributed by atoms with van der Waals surface area (Å²) < 4.78 is 1.53. The predicted octanol–water partition coefficient (Wildman–Crippen LogP) is 1.42. The van der Waals surface area contributed by atoms with Crippen LogP contribution in [0.1, 0.15) is 36.8 Å². The van der Waals surface area contributed by atoms with Gasteiger partial charge in [0, 0.05) is 50.5 Å². The maximum atomic E-state index is 12.7. The average molecular weight is 488 g/mol. The summed E-state index contributed by atoms with van der Waals surface area (Å²) in [6.07, 6.45) is 8.12. The molecular formula is C24H34ClN7O2. The number of rotatable bonds is 4. The first-order chi connectivity index (χ1) is 16.0. The summed E-state index contributed by atoms with van der Waals surface area (Å²) in [6, 6.07) is 9.03. The number of aromatic nitrogens is 2. The van der Waals surface area contributed by atoms with Gasteiger partial charge in [-0.25, -0.2) is 9.59 Å². The summed E-state index contributed by atoms with van der Waals surface area (Å²) in [5.41, 5.74) is 9.09. The maximum Gasteiger partial charge on any atom is 0.354 e. The van der Waals surface area contributed by atoms with E-state index in [2.05, 4.69) is 33.1 Å². The van der Waals surface area contributed by atoms with Crippen molar-refractivity contribution in [3.63, 3.8) is 0 Å². The Morgan fingerprint density at radius 1 is 1.09 bits per heavy atom. The van der Waals surface area contributed by atoms with Crippen molar-refractivity contribution in [1.82, 2.24) is 25.1 Å². The van der Waals surface area contributed by atoms with Crippen molar-refractivity contribution in [2.75, 3.05) is 31.5 Å². The Hall–Kier alpha value is -2.46. The lowest BCUT2D eigenvalue weighted by Gasteiger charge is -2.29. The molecule has 2 fully saturated rings. The zero-order valence-corrected chi connectivity index (χ0v) is 20.2. The van der Waals surface area contributed by atoms with Crippen LogP contribution >= 0.6 is 12.4 Å². The Morgan fingerprint density at radius 3 is 2.65 bits per heavy atom. The molecule has 1 aliphatic heterocycles. The van der Waals surface area contributed by atoms with Gasteiger partial charge in [0.15, 0.2) is 0 Å². The van der Waals surface area contributed by atoms with E-state index in [9.17, 15) is 9.59 Å². The highest BCUT2D eigenvalue weighted by atomic mass is 35.5. The molecule has 2 heterocycles. The average Bonchev–Trinajstić information content (AvgIpc) is 3.24. The van der Waals surface area contributed by atoms with E-state index in [1.54, 1.807) is 17.2 Å². The number of nitrogens with one attached hydrogen (secondary N) is 3. The molecule has 1 saturated heterocycles. The number of fused-ring (bicyclic) bond motifs is 1. The highest BCUT2D eigenvalue weighted by Gasteiger charge is 2.26. The fourth-order valence-corrected chi connectivity index (χ4v) is 5.26. The molecular weight excluding hydrogens is 454 g/mol. The number of hydrogen-bond acceptors (Lipinski definition) is 6. The molecule has 9 nitrogen and oxygen atoms in total. The fourth-order valence-electron chi connectivity index (χ4n) is 5.26. The second-order valence-electron chi connectivity index (χ2n) is 9.46. The lowest BCUT2D eigenvalue weighted by Crippen LogP contribution is -2.48. The third kappa shape index (κ3) is 5.60. The normalized spacial score (nSPS) is 24.3. The van der Waals surface area contributed by atoms with E-state index in [4.69, 9.17) is 5.73 Å². The van der Waals surface area contributed by atoms with E-state index in [0.717, 1.165) is 50.9 Å². The van der Waals surface area contributed by atoms with Crippen LogP contribution in [0, 0.1) is 0 Å². The van der Waals surface area contributed by atoms with Gasteiger partial charge in [-0.05, 0) is 67.9 Å². The smallest absolute Gasteiger partial charge is 0.328 e. The van der Waals surface area contributed by atoms with Crippen molar-refractivity contribution in [3.05, 3.63) is 52.1 Å². The van der Waals surface area contributed by atoms with Crippen molar-refractivity contribution in [3.8, 4) is 5.69 Å². The van der Waals surface area contributed by atoms with Gasteiger partial charge in [0.1, 0.15) is 5.82 Å². The summed E-state index contributed by atoms with van der Waals surface area (Å²) in [7, 11) is 0. The number of carbonyl (C=O) groups excluding carboxylic acids is 1. The van der Waals surface area contributed by atoms with Gasteiger partial charge in [0.2, 0.25) is 0 Å². The van der Waals surface area contributed by atoms with Crippen LogP contribution in [0.3, 0.4) is 0 Å². The molecule has 0 bridgehead atoms. The molecule has 3 aliphatic rings. The van der Waals surface area contributed by atoms with Crippen LogP contribution < -0.4 is 27.4 Å². The summed E-state index contributed by atoms with van der Waals surface area (Å²) in [6.45, 7) is 2.82. The Kier molecular flexibility index (Phi) is 7.88. The Labute approximate surface area is 205 Å². The molecule has 2 aromatic rings. The molecule has 1 unspecified atom stereocenters. The molecule has 1 aromatic carbocycles. The number of carbonyl (C=O) groups is 1. The first kappa shape index (κ1) is 24.7. The van der Waals surface area contributed by atoms with Crippen molar-refractivity contribution in [2.24, 2.45) is 5.73 Å². The second-order valence-corrected chi connectivity index (χ2v) is 9.46. The van der Waals surface area contributed by atoms with Crippen molar-refractivity contribution in [1.29, 1.82) is 0 Å². The van der Waals surface area contributed by atoms with Crippen LogP contribution in [-0.4, -0.2) is 64.8 Å². The SMILES string of the molecule is Cl.N[C@@H]1CC[C@@H](NC2CCc3cc(-n4ccc(NC(=O)N5CCNCC5)nc4=O)ccc3C2)C1. The van der Waals surface area contributed by atoms with Gasteiger partial charge in [0.25, 0.3) is 0 Å². The highest BCUT2D eigenvalue weighted by Crippen LogP contribution is 2.26. The zero-order chi connectivity index (χ0) is 22.8. The summed E-state index contributed by atoms with van der Waals surface area (Å²) >= 11 is 0. The van der Waals surface area contributed by atoms with Crippen molar-refractivity contribution in [2.45, 2.75) is 56.7 Å². The highest BCUT2D eigenvalue weighted by molar-refractivity contribution is 5.88. The number of urea groups is 1. The van der Waals surface area contributed by atoms with Gasteiger partial charge in [-0.2, -0.15) is 4.98 Å². The summed E-state index contributed by atoms with van der Waals surface area (Å²) in [5.74, 6) is 0.276. The lowest BCUT2D eigenvalue weighted by atomic mass is 9.87. The molecule has 1 aromatic heterocycles. The molecule has 10 heteroatoms. The van der Waals surface area contributed by atoms with Crippen LogP contribution in [-0.2, 0) is 12.8 Å². The number of hydrogen-bond donors (Lipinski definition) is 4. The van der Waals surface area contributed by atoms with Gasteiger partial charge in [0.05, 0.1) is 5.69 Å². The van der Waals surface area contributed by atoms with E-state index in [1.807, 2.05) is 6.07 Å². The van der Waals surface area contributed by atoms with E-state index in [-0.39, 0.29) is 24.3 Å². The topological polar surface area (TPSA) is 117 Å². The number of nitrogens with two attached hydrogens (primary N) is 1. The molecule has 2 amide bonds. The van der Waals surface area contributed by atoms with E-state index >= 15 is 0 Å². The van der Waals surface area contributed by atoms with Gasteiger partial charge >= 0.3 is 11.7 Å². The standard InChI is InChI=1S/C24H33N7O2.ClH/c25-18-3-5-20(15-18)27-19-4-1-17-14-21(6-2-16(17)13-19)31-10-7-22(29-24(31)33)28-23(32)30-11-8-26-9-12-30;/h2,6-7,10,14,18-20,26-27H,1,3-5,8-9,11-13,15,25H2,(H,28,29,32,33);1H/t18-,19?,20-;/m1./s1. The summed E-state index contributed by atoms with van der Waals surface area (Å²) in [5, 5.41) is 9.75. The molecule has 3 atom stereocenters. The predicted molar refractivity (Wildman–Crippen MR) is 135 cm³/mol. The number of aryl methyl sites for hydroxylation is 1. The van der Waals surface area contributed by atoms with Crippen molar-refractivity contribution < 1.29 is 4.79 Å². The van der Waals surface area contributed by atoms with Gasteiger partial charge in [-0.1, -0.05) is 6.07 Å². The Morgan fingerprint density at radius 2 is 1.91 bits per heavy atom. The zero-order valence-electron chi connectivity index (χ0n) is 19.3. The number of amides is 2. The molecule has 184 valence electrons. The third-order valence-electron chi connectivity index (χ3n) is 7.08. The third-order valence-corrected chi connectivity index (χ3v) is 7.08. The van der Waals surface area contributed by atoms with Gasteiger partial charge < -0.3 is 21.3 Å². The minimum absolute atomic E-state index is 0. The lowest BCUT2D eigenvalue weighted by molar-refractivity contribution is 0.204. The van der Waals surface area contributed by atoms with Crippen LogP contribution in [0.4, 0.5) is 10.6 Å². The molecule has 0 radical (unpaired) electrons. The van der Waals surface area contributed by atoms with Crippen LogP contribution in [0.5, 0.6) is 0 Å². The van der Waals surface area contributed by atoms with E-state index in [0.29, 0.717) is 31.2 Å². The first-order valence-corrected chi connectivity index (χ1v) is 12.1. The van der Waals surface area contributed by atoms with Crippen LogP contribution in [0.25, 0.3) is 5.69 Å². The molecule has 2 aliphatic carbocycles. The minimum atomic E-state index is -0.402. The Balaban J connectivity index is 0.00000274. The van der Waals surface area contributed by atoms with Crippen LogP contribution in [0.15, 0.2) is 35.3 Å². The van der Waals surface area contributed by atoms with Gasteiger partial charge in [-0.3, -0.25) is 9.88 Å². The van der Waals surface area contributed by atoms with Crippen molar-refractivity contribution >= 4 is 24.3 Å². The molecule has 1 saturated carbocycles. The largest absolute Gasteiger partial charge is 0.354 e. The molecule has 5 rings (SSSR count). The fraction of sp³-hybridized carbons (Fsp3) is 0.542. The number of benzene rings is 1. The first-order valence-electron chi connectivity index (χ1n) is 12.1. The molecule has 0 spiro atoms. The van der Waals surface area contributed by atoms with E-state index < -0.39 is 5.69 Å². The van der Waals surface area contributed by atoms with Gasteiger partial charge in [-0.15, -0.1) is 12.4 Å². The summed E-state index contributed by atoms with van der Waals surface area (Å²) in [4.78, 5) is 30.9. The van der Waals surface area contributed by atoms with E-state index in [1.165, 1.54) is 22.1 Å².